The molecule has 2 heterocycles. The molecule has 0 amide bonds. The molecule has 0 spiro atoms. The Labute approximate surface area is 163 Å². The standard InChI is InChI=1S/C24H19NO3/c1-26-21-12-17-19(13-22(21)27-2)25-24-16-10-6-7-11-20(16)28-14-18(24)23(17)15-8-4-3-5-9-15/h3-13H,14H2,1-2H3. The molecule has 1 aromatic heterocycles. The number of aromatic nitrogens is 1. The third kappa shape index (κ3) is 2.49. The van der Waals surface area contributed by atoms with E-state index in [1.165, 1.54) is 0 Å². The second-order valence-corrected chi connectivity index (χ2v) is 6.69. The zero-order valence-corrected chi connectivity index (χ0v) is 15.7. The molecule has 138 valence electrons. The van der Waals surface area contributed by atoms with E-state index in [-0.39, 0.29) is 0 Å². The molecule has 4 aromatic rings. The van der Waals surface area contributed by atoms with Crippen LogP contribution >= 0.6 is 0 Å². The molecule has 0 atom stereocenters. The molecule has 0 radical (unpaired) electrons. The predicted molar refractivity (Wildman–Crippen MR) is 110 cm³/mol. The molecule has 0 saturated heterocycles. The number of rotatable bonds is 3. The third-order valence-corrected chi connectivity index (χ3v) is 5.17. The molecule has 1 aliphatic rings. The molecule has 1 aliphatic heterocycles. The largest absolute Gasteiger partial charge is 0.493 e. The average molecular weight is 369 g/mol. The number of methoxy groups -OCH3 is 2. The Morgan fingerprint density at radius 1 is 0.857 bits per heavy atom. The fourth-order valence-corrected chi connectivity index (χ4v) is 3.87. The second kappa shape index (κ2) is 6.57. The minimum atomic E-state index is 0.480. The zero-order chi connectivity index (χ0) is 19.1. The summed E-state index contributed by atoms with van der Waals surface area (Å²) in [6, 6.07) is 22.3. The van der Waals surface area contributed by atoms with Crippen molar-refractivity contribution in [3.8, 4) is 39.6 Å². The molecule has 28 heavy (non-hydrogen) atoms. The van der Waals surface area contributed by atoms with Crippen LogP contribution in [0.3, 0.4) is 0 Å². The van der Waals surface area contributed by atoms with Crippen LogP contribution in [0.1, 0.15) is 5.56 Å². The maximum absolute atomic E-state index is 6.07. The van der Waals surface area contributed by atoms with Crippen molar-refractivity contribution in [3.05, 3.63) is 72.3 Å². The topological polar surface area (TPSA) is 40.6 Å². The van der Waals surface area contributed by atoms with Gasteiger partial charge in [0.15, 0.2) is 11.5 Å². The summed E-state index contributed by atoms with van der Waals surface area (Å²) in [4.78, 5) is 5.01. The smallest absolute Gasteiger partial charge is 0.162 e. The van der Waals surface area contributed by atoms with Gasteiger partial charge in [-0.25, -0.2) is 4.98 Å². The van der Waals surface area contributed by atoms with Gasteiger partial charge in [0.25, 0.3) is 0 Å². The first-order valence-electron chi connectivity index (χ1n) is 9.16. The Bertz CT molecular complexity index is 1190. The lowest BCUT2D eigenvalue weighted by Gasteiger charge is -2.24. The Balaban J connectivity index is 1.91. The van der Waals surface area contributed by atoms with Crippen LogP contribution < -0.4 is 14.2 Å². The summed E-state index contributed by atoms with van der Waals surface area (Å²) in [5.41, 5.74) is 6.17. The van der Waals surface area contributed by atoms with Gasteiger partial charge < -0.3 is 14.2 Å². The SMILES string of the molecule is COc1cc2nc3c(c(-c4ccccc4)c2cc1OC)COc1ccccc1-3. The minimum absolute atomic E-state index is 0.480. The summed E-state index contributed by atoms with van der Waals surface area (Å²) in [5, 5.41) is 1.02. The third-order valence-electron chi connectivity index (χ3n) is 5.17. The summed E-state index contributed by atoms with van der Waals surface area (Å²) < 4.78 is 17.1. The highest BCUT2D eigenvalue weighted by molar-refractivity contribution is 6.01. The molecular formula is C24H19NO3. The van der Waals surface area contributed by atoms with E-state index >= 15 is 0 Å². The van der Waals surface area contributed by atoms with Crippen LogP contribution in [0.2, 0.25) is 0 Å². The van der Waals surface area contributed by atoms with Gasteiger partial charge in [-0.05, 0) is 29.3 Å². The van der Waals surface area contributed by atoms with Crippen LogP contribution in [0.25, 0.3) is 33.3 Å². The van der Waals surface area contributed by atoms with E-state index in [1.807, 2.05) is 48.5 Å². The van der Waals surface area contributed by atoms with Gasteiger partial charge in [0.1, 0.15) is 12.4 Å². The summed E-state index contributed by atoms with van der Waals surface area (Å²) in [6.45, 7) is 0.480. The van der Waals surface area contributed by atoms with E-state index < -0.39 is 0 Å². The Morgan fingerprint density at radius 3 is 2.36 bits per heavy atom. The summed E-state index contributed by atoms with van der Waals surface area (Å²) >= 11 is 0. The number of para-hydroxylation sites is 1. The van der Waals surface area contributed by atoms with Crippen LogP contribution in [-0.4, -0.2) is 19.2 Å². The Kier molecular flexibility index (Phi) is 3.90. The fourth-order valence-electron chi connectivity index (χ4n) is 3.87. The Hall–Kier alpha value is -3.53. The van der Waals surface area contributed by atoms with Crippen molar-refractivity contribution < 1.29 is 14.2 Å². The van der Waals surface area contributed by atoms with Gasteiger partial charge in [-0.2, -0.15) is 0 Å². The molecule has 0 bridgehead atoms. The molecule has 0 aliphatic carbocycles. The molecule has 0 unspecified atom stereocenters. The van der Waals surface area contributed by atoms with E-state index in [1.54, 1.807) is 14.2 Å². The molecule has 0 N–H and O–H groups in total. The molecule has 4 heteroatoms. The number of hydrogen-bond donors (Lipinski definition) is 0. The van der Waals surface area contributed by atoms with Gasteiger partial charge in [0.2, 0.25) is 0 Å². The van der Waals surface area contributed by atoms with Gasteiger partial charge in [-0.3, -0.25) is 0 Å². The van der Waals surface area contributed by atoms with Crippen molar-refractivity contribution in [2.24, 2.45) is 0 Å². The van der Waals surface area contributed by atoms with Crippen molar-refractivity contribution in [3.63, 3.8) is 0 Å². The van der Waals surface area contributed by atoms with Crippen LogP contribution in [0.15, 0.2) is 66.7 Å². The highest BCUT2D eigenvalue weighted by Crippen LogP contribution is 2.45. The summed E-state index contributed by atoms with van der Waals surface area (Å²) in [6.07, 6.45) is 0. The zero-order valence-electron chi connectivity index (χ0n) is 15.7. The van der Waals surface area contributed by atoms with Gasteiger partial charge in [0.05, 0.1) is 25.4 Å². The van der Waals surface area contributed by atoms with Crippen LogP contribution in [0.4, 0.5) is 0 Å². The van der Waals surface area contributed by atoms with Crippen LogP contribution in [0.5, 0.6) is 17.2 Å². The Morgan fingerprint density at radius 2 is 1.57 bits per heavy atom. The number of nitrogens with zero attached hydrogens (tertiary/aromatic N) is 1. The number of pyridine rings is 1. The fraction of sp³-hybridized carbons (Fsp3) is 0.125. The number of fused-ring (bicyclic) bond motifs is 4. The van der Waals surface area contributed by atoms with Crippen LogP contribution in [0, 0.1) is 0 Å². The summed E-state index contributed by atoms with van der Waals surface area (Å²) in [5.74, 6) is 2.22. The molecule has 5 rings (SSSR count). The number of benzene rings is 3. The lowest BCUT2D eigenvalue weighted by atomic mass is 9.91. The van der Waals surface area contributed by atoms with Gasteiger partial charge in [0, 0.05) is 22.6 Å². The molecule has 4 nitrogen and oxygen atoms in total. The van der Waals surface area contributed by atoms with Crippen molar-refractivity contribution in [1.82, 2.24) is 4.98 Å². The summed E-state index contributed by atoms with van der Waals surface area (Å²) in [7, 11) is 3.29. The maximum atomic E-state index is 6.07. The van der Waals surface area contributed by atoms with Gasteiger partial charge in [-0.15, -0.1) is 0 Å². The van der Waals surface area contributed by atoms with E-state index in [9.17, 15) is 0 Å². The van der Waals surface area contributed by atoms with E-state index in [0.717, 1.165) is 44.6 Å². The highest BCUT2D eigenvalue weighted by Gasteiger charge is 2.25. The van der Waals surface area contributed by atoms with Gasteiger partial charge in [-0.1, -0.05) is 42.5 Å². The van der Waals surface area contributed by atoms with Gasteiger partial charge >= 0.3 is 0 Å². The first-order chi connectivity index (χ1) is 13.8. The van der Waals surface area contributed by atoms with E-state index in [4.69, 9.17) is 19.2 Å². The highest BCUT2D eigenvalue weighted by atomic mass is 16.5. The van der Waals surface area contributed by atoms with Crippen molar-refractivity contribution >= 4 is 10.9 Å². The maximum Gasteiger partial charge on any atom is 0.162 e. The van der Waals surface area contributed by atoms with Crippen LogP contribution in [-0.2, 0) is 6.61 Å². The number of hydrogen-bond acceptors (Lipinski definition) is 4. The lowest BCUT2D eigenvalue weighted by molar-refractivity contribution is 0.302. The first kappa shape index (κ1) is 16.6. The number of ether oxygens (including phenoxy) is 3. The normalized spacial score (nSPS) is 12.1. The second-order valence-electron chi connectivity index (χ2n) is 6.69. The average Bonchev–Trinajstić information content (AvgIpc) is 2.77. The van der Waals surface area contributed by atoms with E-state index in [0.29, 0.717) is 18.1 Å². The quantitative estimate of drug-likeness (QED) is 0.480. The molecule has 3 aromatic carbocycles. The monoisotopic (exact) mass is 369 g/mol. The van der Waals surface area contributed by atoms with Crippen molar-refractivity contribution in [1.29, 1.82) is 0 Å². The molecular weight excluding hydrogens is 350 g/mol. The predicted octanol–water partition coefficient (Wildman–Crippen LogP) is 5.48. The minimum Gasteiger partial charge on any atom is -0.493 e. The lowest BCUT2D eigenvalue weighted by Crippen LogP contribution is -2.09. The van der Waals surface area contributed by atoms with Crippen molar-refractivity contribution in [2.45, 2.75) is 6.61 Å². The molecule has 0 fully saturated rings. The molecule has 0 saturated carbocycles. The first-order valence-corrected chi connectivity index (χ1v) is 9.16. The van der Waals surface area contributed by atoms with E-state index in [2.05, 4.69) is 18.2 Å². The van der Waals surface area contributed by atoms with Crippen molar-refractivity contribution in [2.75, 3.05) is 14.2 Å².